The zero-order valence-corrected chi connectivity index (χ0v) is 12.5. The van der Waals surface area contributed by atoms with Crippen LogP contribution in [-0.4, -0.2) is 41.5 Å². The van der Waals surface area contributed by atoms with Crippen molar-refractivity contribution < 1.29 is 19.7 Å². The lowest BCUT2D eigenvalue weighted by Crippen LogP contribution is -2.48. The van der Waals surface area contributed by atoms with Crippen LogP contribution in [-0.2, 0) is 4.74 Å². The van der Waals surface area contributed by atoms with E-state index in [2.05, 4.69) is 5.32 Å². The minimum atomic E-state index is -0.728. The summed E-state index contributed by atoms with van der Waals surface area (Å²) in [6.07, 6.45) is 2.41. The summed E-state index contributed by atoms with van der Waals surface area (Å²) in [4.78, 5) is 12.3. The highest BCUT2D eigenvalue weighted by Crippen LogP contribution is 2.23. The lowest BCUT2D eigenvalue weighted by Gasteiger charge is -2.27. The molecule has 116 valence electrons. The predicted molar refractivity (Wildman–Crippen MR) is 79.4 cm³/mol. The fourth-order valence-electron chi connectivity index (χ4n) is 2.81. The third-order valence-corrected chi connectivity index (χ3v) is 4.06. The SMILES string of the molecule is CO[C@@H]1CCCC[C@@H](NC(=O)c2ccc(C)cc2O)[C@H]1O. The second-order valence-electron chi connectivity index (χ2n) is 5.65. The van der Waals surface area contributed by atoms with Gasteiger partial charge in [0.2, 0.25) is 0 Å². The molecule has 3 atom stereocenters. The molecule has 5 heteroatoms. The van der Waals surface area contributed by atoms with Crippen LogP contribution < -0.4 is 5.32 Å². The Bertz CT molecular complexity index is 503. The number of hydrogen-bond acceptors (Lipinski definition) is 4. The molecule has 1 amide bonds. The maximum atomic E-state index is 12.3. The Morgan fingerprint density at radius 1 is 1.33 bits per heavy atom. The topological polar surface area (TPSA) is 78.8 Å². The number of rotatable bonds is 3. The van der Waals surface area contributed by atoms with Gasteiger partial charge >= 0.3 is 0 Å². The van der Waals surface area contributed by atoms with Gasteiger partial charge in [-0.3, -0.25) is 4.79 Å². The van der Waals surface area contributed by atoms with Crippen LogP contribution in [0.3, 0.4) is 0 Å². The Kier molecular flexibility index (Phi) is 5.20. The molecule has 21 heavy (non-hydrogen) atoms. The highest BCUT2D eigenvalue weighted by atomic mass is 16.5. The Morgan fingerprint density at radius 3 is 2.71 bits per heavy atom. The molecule has 0 heterocycles. The van der Waals surface area contributed by atoms with Crippen molar-refractivity contribution in [1.29, 1.82) is 0 Å². The van der Waals surface area contributed by atoms with E-state index in [4.69, 9.17) is 4.74 Å². The van der Waals surface area contributed by atoms with Gasteiger partial charge in [-0.25, -0.2) is 0 Å². The zero-order valence-electron chi connectivity index (χ0n) is 12.5. The molecule has 0 aromatic heterocycles. The van der Waals surface area contributed by atoms with Gasteiger partial charge in [-0.1, -0.05) is 18.9 Å². The maximum absolute atomic E-state index is 12.3. The van der Waals surface area contributed by atoms with Crippen LogP contribution in [0.1, 0.15) is 41.6 Å². The van der Waals surface area contributed by atoms with E-state index in [0.717, 1.165) is 24.8 Å². The largest absolute Gasteiger partial charge is 0.507 e. The molecule has 1 aliphatic carbocycles. The van der Waals surface area contributed by atoms with Crippen LogP contribution in [0.25, 0.3) is 0 Å². The molecule has 1 fully saturated rings. The van der Waals surface area contributed by atoms with Crippen LogP contribution in [0.4, 0.5) is 0 Å². The summed E-state index contributed by atoms with van der Waals surface area (Å²) in [6, 6.07) is 4.56. The van der Waals surface area contributed by atoms with E-state index in [1.165, 1.54) is 0 Å². The van der Waals surface area contributed by atoms with E-state index in [0.29, 0.717) is 6.42 Å². The van der Waals surface area contributed by atoms with Crippen molar-refractivity contribution in [3.63, 3.8) is 0 Å². The third kappa shape index (κ3) is 3.74. The summed E-state index contributed by atoms with van der Waals surface area (Å²) >= 11 is 0. The van der Waals surface area contributed by atoms with Crippen molar-refractivity contribution >= 4 is 5.91 Å². The van der Waals surface area contributed by atoms with Crippen LogP contribution in [0.2, 0.25) is 0 Å². The first kappa shape index (κ1) is 15.8. The van der Waals surface area contributed by atoms with Crippen LogP contribution >= 0.6 is 0 Å². The first-order valence-electron chi connectivity index (χ1n) is 7.34. The first-order valence-corrected chi connectivity index (χ1v) is 7.34. The number of benzene rings is 1. The molecule has 0 unspecified atom stereocenters. The van der Waals surface area contributed by atoms with Gasteiger partial charge in [0, 0.05) is 7.11 Å². The minimum Gasteiger partial charge on any atom is -0.507 e. The number of aliphatic hydroxyl groups is 1. The van der Waals surface area contributed by atoms with Crippen molar-refractivity contribution in [2.45, 2.75) is 50.9 Å². The summed E-state index contributed by atoms with van der Waals surface area (Å²) < 4.78 is 5.29. The summed E-state index contributed by atoms with van der Waals surface area (Å²) in [6.45, 7) is 1.85. The fraction of sp³-hybridized carbons (Fsp3) is 0.562. The summed E-state index contributed by atoms with van der Waals surface area (Å²) in [5.74, 6) is -0.410. The lowest BCUT2D eigenvalue weighted by molar-refractivity contribution is -0.0277. The monoisotopic (exact) mass is 293 g/mol. The van der Waals surface area contributed by atoms with Gasteiger partial charge in [-0.2, -0.15) is 0 Å². The van der Waals surface area contributed by atoms with E-state index < -0.39 is 6.10 Å². The normalized spacial score (nSPS) is 26.1. The second-order valence-corrected chi connectivity index (χ2v) is 5.65. The highest BCUT2D eigenvalue weighted by molar-refractivity contribution is 5.97. The van der Waals surface area contributed by atoms with Crippen LogP contribution in [0, 0.1) is 6.92 Å². The predicted octanol–water partition coefficient (Wildman–Crippen LogP) is 1.75. The summed E-state index contributed by atoms with van der Waals surface area (Å²) in [7, 11) is 1.57. The molecule has 0 aliphatic heterocycles. The quantitative estimate of drug-likeness (QED) is 0.742. The van der Waals surface area contributed by atoms with Crippen molar-refractivity contribution in [1.82, 2.24) is 5.32 Å². The number of ether oxygens (including phenoxy) is 1. The van der Waals surface area contributed by atoms with Crippen LogP contribution in [0.5, 0.6) is 5.75 Å². The van der Waals surface area contributed by atoms with Gasteiger partial charge in [0.1, 0.15) is 11.9 Å². The average molecular weight is 293 g/mol. The number of carbonyl (C=O) groups is 1. The third-order valence-electron chi connectivity index (χ3n) is 4.06. The number of amides is 1. The molecule has 0 radical (unpaired) electrons. The van der Waals surface area contributed by atoms with Crippen LogP contribution in [0.15, 0.2) is 18.2 Å². The molecule has 1 aliphatic rings. The summed E-state index contributed by atoms with van der Waals surface area (Å²) in [5.41, 5.74) is 1.11. The van der Waals surface area contributed by atoms with Gasteiger partial charge in [0.15, 0.2) is 0 Å². The molecule has 1 aromatic rings. The molecular weight excluding hydrogens is 270 g/mol. The van der Waals surface area contributed by atoms with Crippen molar-refractivity contribution in [3.8, 4) is 5.75 Å². The zero-order chi connectivity index (χ0) is 15.4. The van der Waals surface area contributed by atoms with E-state index >= 15 is 0 Å². The van der Waals surface area contributed by atoms with Gasteiger partial charge in [0.25, 0.3) is 5.91 Å². The number of methoxy groups -OCH3 is 1. The molecule has 0 spiro atoms. The smallest absolute Gasteiger partial charge is 0.255 e. The molecule has 3 N–H and O–H groups in total. The Labute approximate surface area is 124 Å². The maximum Gasteiger partial charge on any atom is 0.255 e. The standard InChI is InChI=1S/C16H23NO4/c1-10-7-8-11(13(18)9-10)16(20)17-12-5-3-4-6-14(21-2)15(12)19/h7-9,12,14-15,18-19H,3-6H2,1-2H3,(H,17,20)/t12-,14-,15-/m1/s1. The number of aryl methyl sites for hydroxylation is 1. The molecule has 0 saturated heterocycles. The number of aromatic hydroxyl groups is 1. The van der Waals surface area contributed by atoms with E-state index in [1.54, 1.807) is 25.3 Å². The van der Waals surface area contributed by atoms with E-state index in [9.17, 15) is 15.0 Å². The van der Waals surface area contributed by atoms with Crippen molar-refractivity contribution in [3.05, 3.63) is 29.3 Å². The molecule has 1 aromatic carbocycles. The van der Waals surface area contributed by atoms with Crippen molar-refractivity contribution in [2.24, 2.45) is 0 Å². The molecule has 1 saturated carbocycles. The van der Waals surface area contributed by atoms with Crippen molar-refractivity contribution in [2.75, 3.05) is 7.11 Å². The molecule has 2 rings (SSSR count). The minimum absolute atomic E-state index is 0.0427. The molecular formula is C16H23NO4. The number of aliphatic hydroxyl groups excluding tert-OH is 1. The Hall–Kier alpha value is -1.59. The summed E-state index contributed by atoms with van der Waals surface area (Å²) in [5, 5.41) is 23.0. The Balaban J connectivity index is 2.10. The molecule has 5 nitrogen and oxygen atoms in total. The second kappa shape index (κ2) is 6.91. The van der Waals surface area contributed by atoms with Gasteiger partial charge < -0.3 is 20.3 Å². The Morgan fingerprint density at radius 2 is 2.05 bits per heavy atom. The number of hydrogen-bond donors (Lipinski definition) is 3. The fourth-order valence-corrected chi connectivity index (χ4v) is 2.81. The number of phenolic OH excluding ortho intramolecular Hbond substituents is 1. The lowest BCUT2D eigenvalue weighted by atomic mass is 10.0. The van der Waals surface area contributed by atoms with E-state index in [1.807, 2.05) is 6.92 Å². The first-order chi connectivity index (χ1) is 10.0. The van der Waals surface area contributed by atoms with E-state index in [-0.39, 0.29) is 29.4 Å². The van der Waals surface area contributed by atoms with Gasteiger partial charge in [0.05, 0.1) is 17.7 Å². The number of phenols is 1. The van der Waals surface area contributed by atoms with Gasteiger partial charge in [-0.15, -0.1) is 0 Å². The number of carbonyl (C=O) groups excluding carboxylic acids is 1. The molecule has 0 bridgehead atoms. The number of nitrogens with one attached hydrogen (secondary N) is 1. The van der Waals surface area contributed by atoms with Gasteiger partial charge in [-0.05, 0) is 37.5 Å². The highest BCUT2D eigenvalue weighted by Gasteiger charge is 2.31. The average Bonchev–Trinajstić information content (AvgIpc) is 2.61.